The molecule has 2 aromatic carbocycles. The fourth-order valence-corrected chi connectivity index (χ4v) is 2.97. The average Bonchev–Trinajstić information content (AvgIpc) is 2.52. The summed E-state index contributed by atoms with van der Waals surface area (Å²) in [6.07, 6.45) is 0. The third-order valence-corrected chi connectivity index (χ3v) is 4.16. The Hall–Kier alpha value is -2.71. The van der Waals surface area contributed by atoms with Crippen molar-refractivity contribution in [2.75, 3.05) is 0 Å². The van der Waals surface area contributed by atoms with Gasteiger partial charge in [0.1, 0.15) is 0 Å². The van der Waals surface area contributed by atoms with E-state index in [9.17, 15) is 9.59 Å². The van der Waals surface area contributed by atoms with Crippen LogP contribution in [0.1, 0.15) is 11.1 Å². The molecular formula is C16H10N2O2S. The van der Waals surface area contributed by atoms with Crippen molar-refractivity contribution in [1.82, 2.24) is 4.57 Å². The Balaban J connectivity index is 2.22. The van der Waals surface area contributed by atoms with Crippen molar-refractivity contribution < 1.29 is 0 Å². The molecule has 4 nitrogen and oxygen atoms in total. The number of nitriles is 1. The van der Waals surface area contributed by atoms with E-state index in [0.717, 1.165) is 16.9 Å². The maximum Gasteiger partial charge on any atom is 0.310 e. The highest BCUT2D eigenvalue weighted by atomic mass is 32.1. The van der Waals surface area contributed by atoms with E-state index in [-0.39, 0.29) is 17.0 Å². The van der Waals surface area contributed by atoms with Crippen molar-refractivity contribution in [2.45, 2.75) is 6.54 Å². The summed E-state index contributed by atoms with van der Waals surface area (Å²) in [7, 11) is 0. The topological polar surface area (TPSA) is 62.9 Å². The van der Waals surface area contributed by atoms with Crippen LogP contribution in [-0.2, 0) is 6.54 Å². The first-order valence-electron chi connectivity index (χ1n) is 6.31. The van der Waals surface area contributed by atoms with Gasteiger partial charge in [-0.05, 0) is 23.8 Å². The summed E-state index contributed by atoms with van der Waals surface area (Å²) < 4.78 is 1.82. The van der Waals surface area contributed by atoms with Gasteiger partial charge in [0.2, 0.25) is 0 Å². The molecule has 0 saturated heterocycles. The lowest BCUT2D eigenvalue weighted by Gasteiger charge is -2.06. The van der Waals surface area contributed by atoms with Crippen LogP contribution in [0.3, 0.4) is 0 Å². The smallest absolute Gasteiger partial charge is 0.269 e. The van der Waals surface area contributed by atoms with Crippen LogP contribution in [-0.4, -0.2) is 4.57 Å². The van der Waals surface area contributed by atoms with Crippen molar-refractivity contribution in [3.63, 3.8) is 0 Å². The molecule has 0 unspecified atom stereocenters. The fourth-order valence-electron chi connectivity index (χ4n) is 2.14. The Labute approximate surface area is 124 Å². The second-order valence-corrected chi connectivity index (χ2v) is 5.56. The molecule has 3 aromatic rings. The van der Waals surface area contributed by atoms with Gasteiger partial charge in [0, 0.05) is 4.70 Å². The first-order valence-corrected chi connectivity index (χ1v) is 7.12. The van der Waals surface area contributed by atoms with Gasteiger partial charge in [-0.1, -0.05) is 41.7 Å². The van der Waals surface area contributed by atoms with Crippen LogP contribution < -0.4 is 10.4 Å². The zero-order valence-electron chi connectivity index (χ0n) is 10.9. The highest BCUT2D eigenvalue weighted by Gasteiger charge is 2.09. The van der Waals surface area contributed by atoms with Crippen molar-refractivity contribution in [3.8, 4) is 6.07 Å². The third kappa shape index (κ3) is 2.49. The van der Waals surface area contributed by atoms with Crippen LogP contribution in [0.25, 0.3) is 10.1 Å². The van der Waals surface area contributed by atoms with Gasteiger partial charge in [0.15, 0.2) is 0 Å². The predicted molar refractivity (Wildman–Crippen MR) is 82.6 cm³/mol. The molecule has 0 atom stereocenters. The summed E-state index contributed by atoms with van der Waals surface area (Å²) >= 11 is 1.02. The van der Waals surface area contributed by atoms with Gasteiger partial charge in [-0.15, -0.1) is 0 Å². The second-order valence-electron chi connectivity index (χ2n) is 4.57. The molecule has 0 saturated carbocycles. The molecule has 0 aliphatic carbocycles. The van der Waals surface area contributed by atoms with Gasteiger partial charge in [-0.25, -0.2) is 0 Å². The summed E-state index contributed by atoms with van der Waals surface area (Å²) in [6, 6.07) is 16.1. The number of hydrogen-bond acceptors (Lipinski definition) is 4. The van der Waals surface area contributed by atoms with Crippen molar-refractivity contribution in [1.29, 1.82) is 5.26 Å². The van der Waals surface area contributed by atoms with E-state index in [4.69, 9.17) is 5.26 Å². The predicted octanol–water partition coefficient (Wildman–Crippen LogP) is 2.34. The van der Waals surface area contributed by atoms with Crippen molar-refractivity contribution >= 4 is 21.4 Å². The molecule has 0 radical (unpaired) electrons. The maximum absolute atomic E-state index is 12.5. The fraction of sp³-hybridized carbons (Fsp3) is 0.0625. The number of nitrogens with zero attached hydrogens (tertiary/aromatic N) is 2. The monoisotopic (exact) mass is 294 g/mol. The Morgan fingerprint density at radius 3 is 2.57 bits per heavy atom. The summed E-state index contributed by atoms with van der Waals surface area (Å²) in [5.41, 5.74) is 0.950. The molecular weight excluding hydrogens is 284 g/mol. The van der Waals surface area contributed by atoms with E-state index < -0.39 is 0 Å². The first-order chi connectivity index (χ1) is 10.2. The molecule has 0 spiro atoms. The number of aromatic nitrogens is 1. The molecule has 0 aliphatic heterocycles. The van der Waals surface area contributed by atoms with Crippen molar-refractivity contribution in [3.05, 3.63) is 79.7 Å². The average molecular weight is 294 g/mol. The van der Waals surface area contributed by atoms with E-state index in [1.165, 1.54) is 10.6 Å². The molecule has 0 bridgehead atoms. The van der Waals surface area contributed by atoms with E-state index in [0.29, 0.717) is 15.6 Å². The number of benzene rings is 2. The molecule has 3 rings (SSSR count). The normalized spacial score (nSPS) is 10.4. The largest absolute Gasteiger partial charge is 0.310 e. The summed E-state index contributed by atoms with van der Waals surface area (Å²) in [5, 5.41) is 9.34. The zero-order chi connectivity index (χ0) is 14.8. The molecule has 21 heavy (non-hydrogen) atoms. The molecule has 1 heterocycles. The molecule has 0 amide bonds. The molecule has 0 aliphatic rings. The van der Waals surface area contributed by atoms with Gasteiger partial charge < -0.3 is 0 Å². The number of hydrogen-bond donors (Lipinski definition) is 0. The van der Waals surface area contributed by atoms with Gasteiger partial charge >= 0.3 is 4.87 Å². The standard InChI is InChI=1S/C16H10N2O2S/c17-9-12-6-7-14-13(8-12)15(19)18(16(20)21-14)10-11-4-2-1-3-5-11/h1-8H,10H2. The van der Waals surface area contributed by atoms with E-state index in [1.807, 2.05) is 36.4 Å². The number of rotatable bonds is 2. The Bertz CT molecular complexity index is 965. The zero-order valence-corrected chi connectivity index (χ0v) is 11.8. The van der Waals surface area contributed by atoms with E-state index >= 15 is 0 Å². The lowest BCUT2D eigenvalue weighted by molar-refractivity contribution is 0.752. The van der Waals surface area contributed by atoms with Crippen LogP contribution in [0.15, 0.2) is 58.1 Å². The minimum atomic E-state index is -0.352. The number of fused-ring (bicyclic) bond motifs is 1. The lowest BCUT2D eigenvalue weighted by Crippen LogP contribution is -2.31. The summed E-state index contributed by atoms with van der Waals surface area (Å²) in [6.45, 7) is 0.238. The minimum absolute atomic E-state index is 0.238. The molecule has 102 valence electrons. The quantitative estimate of drug-likeness (QED) is 0.729. The van der Waals surface area contributed by atoms with Gasteiger partial charge in [0.25, 0.3) is 5.56 Å². The van der Waals surface area contributed by atoms with Gasteiger partial charge in [-0.2, -0.15) is 5.26 Å². The van der Waals surface area contributed by atoms with Crippen LogP contribution in [0.2, 0.25) is 0 Å². The molecule has 0 fully saturated rings. The van der Waals surface area contributed by atoms with Crippen LogP contribution in [0.4, 0.5) is 0 Å². The second kappa shape index (κ2) is 5.35. The lowest BCUT2D eigenvalue weighted by atomic mass is 10.2. The van der Waals surface area contributed by atoms with Crippen LogP contribution in [0, 0.1) is 11.3 Å². The van der Waals surface area contributed by atoms with Crippen LogP contribution in [0.5, 0.6) is 0 Å². The summed E-state index contributed by atoms with van der Waals surface area (Å²) in [5.74, 6) is 0. The van der Waals surface area contributed by atoms with Crippen LogP contribution >= 0.6 is 11.3 Å². The molecule has 5 heteroatoms. The maximum atomic E-state index is 12.5. The minimum Gasteiger partial charge on any atom is -0.269 e. The SMILES string of the molecule is N#Cc1ccc2sc(=O)n(Cc3ccccc3)c(=O)c2c1. The Morgan fingerprint density at radius 2 is 1.86 bits per heavy atom. The van der Waals surface area contributed by atoms with E-state index in [2.05, 4.69) is 0 Å². The highest BCUT2D eigenvalue weighted by Crippen LogP contribution is 2.14. The highest BCUT2D eigenvalue weighted by molar-refractivity contribution is 7.16. The van der Waals surface area contributed by atoms with Gasteiger partial charge in [0.05, 0.1) is 23.6 Å². The molecule has 0 N–H and O–H groups in total. The van der Waals surface area contributed by atoms with E-state index in [1.54, 1.807) is 12.1 Å². The van der Waals surface area contributed by atoms with Gasteiger partial charge in [-0.3, -0.25) is 14.2 Å². The molecule has 1 aromatic heterocycles. The van der Waals surface area contributed by atoms with Crippen molar-refractivity contribution in [2.24, 2.45) is 0 Å². The summed E-state index contributed by atoms with van der Waals surface area (Å²) in [4.78, 5) is 24.3. The first kappa shape index (κ1) is 13.3. The third-order valence-electron chi connectivity index (χ3n) is 3.19. The Kier molecular flexibility index (Phi) is 3.38. The Morgan fingerprint density at radius 1 is 1.10 bits per heavy atom.